The van der Waals surface area contributed by atoms with Crippen LogP contribution in [-0.4, -0.2) is 16.2 Å². The second kappa shape index (κ2) is 3.87. The van der Waals surface area contributed by atoms with Crippen molar-refractivity contribution in [2.75, 3.05) is 0 Å². The molecular weight excluding hydrogens is 194 g/mol. The molecule has 0 radical (unpaired) electrons. The van der Waals surface area contributed by atoms with Crippen molar-refractivity contribution in [2.24, 2.45) is 0 Å². The van der Waals surface area contributed by atoms with Crippen LogP contribution in [0.5, 0.6) is 5.75 Å². The first-order valence-electron chi connectivity index (χ1n) is 3.59. The summed E-state index contributed by atoms with van der Waals surface area (Å²) >= 11 is 0. The van der Waals surface area contributed by atoms with Gasteiger partial charge in [0.1, 0.15) is 5.82 Å². The summed E-state index contributed by atoms with van der Waals surface area (Å²) in [4.78, 5) is 10.1. The highest BCUT2D eigenvalue weighted by atomic mass is 19.1. The van der Waals surface area contributed by atoms with Crippen molar-refractivity contribution in [3.8, 4) is 5.75 Å². The van der Waals surface area contributed by atoms with E-state index >= 15 is 0 Å². The van der Waals surface area contributed by atoms with E-state index in [2.05, 4.69) is 0 Å². The fourth-order valence-electron chi connectivity index (χ4n) is 0.841. The highest BCUT2D eigenvalue weighted by Crippen LogP contribution is 2.20. The third kappa shape index (κ3) is 2.29. The van der Waals surface area contributed by atoms with E-state index in [1.54, 1.807) is 0 Å². The number of halogens is 2. The lowest BCUT2D eigenvalue weighted by molar-refractivity contribution is -0.131. The minimum atomic E-state index is -1.27. The first-order chi connectivity index (χ1) is 6.50. The predicted octanol–water partition coefficient (Wildman–Crippen LogP) is 1.77. The Morgan fingerprint density at radius 1 is 1.29 bits per heavy atom. The molecule has 74 valence electrons. The largest absolute Gasteiger partial charge is 0.505 e. The average molecular weight is 200 g/mol. The predicted molar refractivity (Wildman–Crippen MR) is 44.7 cm³/mol. The maximum atomic E-state index is 12.9. The van der Waals surface area contributed by atoms with Crippen molar-refractivity contribution < 1.29 is 23.8 Å². The van der Waals surface area contributed by atoms with Gasteiger partial charge in [-0.05, 0) is 12.1 Å². The molecule has 0 aliphatic carbocycles. The molecular formula is C9H6F2O3. The van der Waals surface area contributed by atoms with Gasteiger partial charge in [0.05, 0.1) is 0 Å². The van der Waals surface area contributed by atoms with Crippen LogP contribution in [0, 0.1) is 11.6 Å². The maximum absolute atomic E-state index is 12.9. The number of phenols is 1. The number of aromatic hydroxyl groups is 1. The van der Waals surface area contributed by atoms with Crippen LogP contribution in [0.25, 0.3) is 6.08 Å². The number of carboxylic acid groups (broad SMARTS) is 1. The summed E-state index contributed by atoms with van der Waals surface area (Å²) in [7, 11) is 0. The Balaban J connectivity index is 3.10. The molecule has 1 aromatic rings. The summed E-state index contributed by atoms with van der Waals surface area (Å²) in [5.41, 5.74) is -0.234. The molecule has 0 amide bonds. The molecule has 2 N–H and O–H groups in total. The Morgan fingerprint density at radius 3 is 2.50 bits per heavy atom. The van der Waals surface area contributed by atoms with Crippen LogP contribution >= 0.6 is 0 Å². The SMILES string of the molecule is O=C(O)/C=C/c1cc(F)c(O)cc1F. The van der Waals surface area contributed by atoms with Crippen LogP contribution in [0.15, 0.2) is 18.2 Å². The Kier molecular flexibility index (Phi) is 2.81. The molecule has 0 atom stereocenters. The zero-order chi connectivity index (χ0) is 10.7. The molecule has 0 aliphatic rings. The van der Waals surface area contributed by atoms with E-state index in [1.807, 2.05) is 0 Å². The summed E-state index contributed by atoms with van der Waals surface area (Å²) < 4.78 is 25.6. The van der Waals surface area contributed by atoms with E-state index in [0.717, 1.165) is 6.08 Å². The summed E-state index contributed by atoms with van der Waals surface area (Å²) in [6, 6.07) is 1.29. The summed E-state index contributed by atoms with van der Waals surface area (Å²) in [6.07, 6.45) is 1.58. The quantitative estimate of drug-likeness (QED) is 0.715. The highest BCUT2D eigenvalue weighted by Gasteiger charge is 2.06. The summed E-state index contributed by atoms with van der Waals surface area (Å²) in [6.45, 7) is 0. The molecule has 1 aromatic carbocycles. The molecule has 5 heteroatoms. The highest BCUT2D eigenvalue weighted by molar-refractivity contribution is 5.85. The van der Waals surface area contributed by atoms with Crippen LogP contribution in [-0.2, 0) is 4.79 Å². The number of phenolic OH excluding ortho intramolecular Hbond substituents is 1. The Morgan fingerprint density at radius 2 is 1.93 bits per heavy atom. The second-order valence-corrected chi connectivity index (χ2v) is 2.50. The van der Waals surface area contributed by atoms with Gasteiger partial charge in [-0.1, -0.05) is 0 Å². The van der Waals surface area contributed by atoms with Gasteiger partial charge < -0.3 is 10.2 Å². The van der Waals surface area contributed by atoms with Crippen molar-refractivity contribution in [2.45, 2.75) is 0 Å². The number of carbonyl (C=O) groups is 1. The molecule has 0 unspecified atom stereocenters. The van der Waals surface area contributed by atoms with Gasteiger partial charge >= 0.3 is 5.97 Å². The number of aliphatic carboxylic acids is 1. The first kappa shape index (κ1) is 10.2. The van der Waals surface area contributed by atoms with E-state index in [0.29, 0.717) is 18.2 Å². The lowest BCUT2D eigenvalue weighted by Crippen LogP contribution is -1.89. The molecule has 0 heterocycles. The van der Waals surface area contributed by atoms with Crippen molar-refractivity contribution in [3.05, 3.63) is 35.4 Å². The molecule has 0 bridgehead atoms. The van der Waals surface area contributed by atoms with Gasteiger partial charge in [0.2, 0.25) is 0 Å². The van der Waals surface area contributed by atoms with Gasteiger partial charge in [0, 0.05) is 17.7 Å². The number of rotatable bonds is 2. The van der Waals surface area contributed by atoms with Crippen LogP contribution < -0.4 is 0 Å². The zero-order valence-corrected chi connectivity index (χ0v) is 6.87. The summed E-state index contributed by atoms with van der Waals surface area (Å²) in [5, 5.41) is 17.0. The number of carboxylic acids is 1. The van der Waals surface area contributed by atoms with E-state index in [-0.39, 0.29) is 5.56 Å². The molecule has 1 rings (SSSR count). The van der Waals surface area contributed by atoms with Gasteiger partial charge in [-0.3, -0.25) is 0 Å². The number of hydrogen-bond acceptors (Lipinski definition) is 2. The third-order valence-corrected chi connectivity index (χ3v) is 1.47. The molecule has 0 spiro atoms. The molecule has 0 aromatic heterocycles. The molecule has 3 nitrogen and oxygen atoms in total. The molecule has 0 saturated carbocycles. The molecule has 0 aliphatic heterocycles. The smallest absolute Gasteiger partial charge is 0.328 e. The van der Waals surface area contributed by atoms with E-state index < -0.39 is 23.4 Å². The molecule has 14 heavy (non-hydrogen) atoms. The van der Waals surface area contributed by atoms with Gasteiger partial charge in [-0.15, -0.1) is 0 Å². The average Bonchev–Trinajstić information content (AvgIpc) is 2.09. The second-order valence-electron chi connectivity index (χ2n) is 2.50. The normalized spacial score (nSPS) is 10.7. The van der Waals surface area contributed by atoms with Crippen molar-refractivity contribution >= 4 is 12.0 Å². The lowest BCUT2D eigenvalue weighted by Gasteiger charge is -1.98. The monoisotopic (exact) mass is 200 g/mol. The van der Waals surface area contributed by atoms with Crippen molar-refractivity contribution in [1.29, 1.82) is 0 Å². The number of hydrogen-bond donors (Lipinski definition) is 2. The van der Waals surface area contributed by atoms with Gasteiger partial charge in [-0.2, -0.15) is 0 Å². The van der Waals surface area contributed by atoms with Gasteiger partial charge in [0.25, 0.3) is 0 Å². The minimum Gasteiger partial charge on any atom is -0.505 e. The molecule has 0 fully saturated rings. The Hall–Kier alpha value is -1.91. The third-order valence-electron chi connectivity index (χ3n) is 1.47. The fourth-order valence-corrected chi connectivity index (χ4v) is 0.841. The number of benzene rings is 1. The van der Waals surface area contributed by atoms with Crippen molar-refractivity contribution in [1.82, 2.24) is 0 Å². The lowest BCUT2D eigenvalue weighted by atomic mass is 10.2. The topological polar surface area (TPSA) is 57.5 Å². The molecule has 0 saturated heterocycles. The minimum absolute atomic E-state index is 0.234. The first-order valence-corrected chi connectivity index (χ1v) is 3.59. The Bertz CT molecular complexity index is 399. The van der Waals surface area contributed by atoms with Crippen LogP contribution in [0.1, 0.15) is 5.56 Å². The fraction of sp³-hybridized carbons (Fsp3) is 0. The standard InChI is InChI=1S/C9H6F2O3/c10-6-4-8(12)7(11)3-5(6)1-2-9(13)14/h1-4,12H,(H,13,14)/b2-1+. The van der Waals surface area contributed by atoms with E-state index in [1.165, 1.54) is 0 Å². The van der Waals surface area contributed by atoms with Crippen LogP contribution in [0.3, 0.4) is 0 Å². The Labute approximate surface area is 77.9 Å². The van der Waals surface area contributed by atoms with Crippen molar-refractivity contribution in [3.63, 3.8) is 0 Å². The van der Waals surface area contributed by atoms with Gasteiger partial charge in [-0.25, -0.2) is 13.6 Å². The maximum Gasteiger partial charge on any atom is 0.328 e. The van der Waals surface area contributed by atoms with E-state index in [4.69, 9.17) is 10.2 Å². The zero-order valence-electron chi connectivity index (χ0n) is 6.87. The van der Waals surface area contributed by atoms with Gasteiger partial charge in [0.15, 0.2) is 11.6 Å². The van der Waals surface area contributed by atoms with Crippen LogP contribution in [0.4, 0.5) is 8.78 Å². The van der Waals surface area contributed by atoms with Crippen LogP contribution in [0.2, 0.25) is 0 Å². The summed E-state index contributed by atoms with van der Waals surface area (Å²) in [5.74, 6) is -3.97. The van der Waals surface area contributed by atoms with E-state index in [9.17, 15) is 13.6 Å².